The van der Waals surface area contributed by atoms with Crippen LogP contribution in [0.4, 0.5) is 0 Å². The molecule has 7 nitrogen and oxygen atoms in total. The predicted octanol–water partition coefficient (Wildman–Crippen LogP) is -1.06. The fourth-order valence-corrected chi connectivity index (χ4v) is 2.21. The summed E-state index contributed by atoms with van der Waals surface area (Å²) in [6, 6.07) is -0.446. The third-order valence-corrected chi connectivity index (χ3v) is 3.24. The molecule has 0 saturated carbocycles. The molecule has 0 bridgehead atoms. The van der Waals surface area contributed by atoms with E-state index in [1.54, 1.807) is 13.4 Å². The van der Waals surface area contributed by atoms with Crippen molar-refractivity contribution in [3.63, 3.8) is 0 Å². The normalized spacial score (nSPS) is 19.8. The molecule has 1 aromatic heterocycles. The van der Waals surface area contributed by atoms with Gasteiger partial charge in [0, 0.05) is 26.7 Å². The molecule has 2 unspecified atom stereocenters. The Bertz CT molecular complexity index is 415. The van der Waals surface area contributed by atoms with E-state index in [2.05, 4.69) is 20.6 Å². The average Bonchev–Trinajstić information content (AvgIpc) is 2.86. The minimum Gasteiger partial charge on any atom is -0.396 e. The summed E-state index contributed by atoms with van der Waals surface area (Å²) < 4.78 is 5.03. The van der Waals surface area contributed by atoms with E-state index >= 15 is 0 Å². The van der Waals surface area contributed by atoms with E-state index in [1.807, 2.05) is 0 Å². The quantitative estimate of drug-likeness (QED) is 0.527. The maximum atomic E-state index is 12.1. The Kier molecular flexibility index (Phi) is 4.89. The molecule has 4 N–H and O–H groups in total. The Morgan fingerprint density at radius 2 is 2.58 bits per heavy atom. The SMILES string of the molecule is COCC(CCO)NC(=O)C1Cc2nc[nH]c2CN1. The Hall–Kier alpha value is -1.44. The summed E-state index contributed by atoms with van der Waals surface area (Å²) in [6.45, 7) is 1.03. The summed E-state index contributed by atoms with van der Waals surface area (Å²) in [5, 5.41) is 15.0. The van der Waals surface area contributed by atoms with Crippen molar-refractivity contribution in [3.05, 3.63) is 17.7 Å². The monoisotopic (exact) mass is 268 g/mol. The van der Waals surface area contributed by atoms with Crippen molar-refractivity contribution in [1.82, 2.24) is 20.6 Å². The van der Waals surface area contributed by atoms with Gasteiger partial charge in [-0.25, -0.2) is 4.98 Å². The zero-order valence-electron chi connectivity index (χ0n) is 11.0. The van der Waals surface area contributed by atoms with Gasteiger partial charge >= 0.3 is 0 Å². The molecule has 0 fully saturated rings. The van der Waals surface area contributed by atoms with Crippen LogP contribution < -0.4 is 10.6 Å². The maximum absolute atomic E-state index is 12.1. The second-order valence-electron chi connectivity index (χ2n) is 4.64. The molecular weight excluding hydrogens is 248 g/mol. The zero-order valence-corrected chi connectivity index (χ0v) is 11.0. The highest BCUT2D eigenvalue weighted by Gasteiger charge is 2.27. The number of hydrogen-bond acceptors (Lipinski definition) is 5. The molecule has 1 aliphatic heterocycles. The van der Waals surface area contributed by atoms with Gasteiger partial charge in [-0.2, -0.15) is 0 Å². The first-order chi connectivity index (χ1) is 9.24. The van der Waals surface area contributed by atoms with Crippen molar-refractivity contribution in [2.75, 3.05) is 20.3 Å². The van der Waals surface area contributed by atoms with Crippen molar-refractivity contribution >= 4 is 5.91 Å². The number of aromatic nitrogens is 2. The molecule has 1 amide bonds. The lowest BCUT2D eigenvalue weighted by Gasteiger charge is -2.25. The number of nitrogens with one attached hydrogen (secondary N) is 3. The molecule has 7 heteroatoms. The predicted molar refractivity (Wildman–Crippen MR) is 68.4 cm³/mol. The summed E-state index contributed by atoms with van der Waals surface area (Å²) >= 11 is 0. The third kappa shape index (κ3) is 3.52. The molecule has 0 aliphatic carbocycles. The number of ether oxygens (including phenoxy) is 1. The van der Waals surface area contributed by atoms with Gasteiger partial charge in [0.05, 0.1) is 36.4 Å². The first-order valence-corrected chi connectivity index (χ1v) is 6.39. The van der Waals surface area contributed by atoms with Gasteiger partial charge in [0.1, 0.15) is 0 Å². The number of hydrogen-bond donors (Lipinski definition) is 4. The molecule has 106 valence electrons. The van der Waals surface area contributed by atoms with Crippen LogP contribution in [0, 0.1) is 0 Å². The van der Waals surface area contributed by atoms with Crippen LogP contribution >= 0.6 is 0 Å². The van der Waals surface area contributed by atoms with E-state index < -0.39 is 0 Å². The van der Waals surface area contributed by atoms with Gasteiger partial charge in [-0.3, -0.25) is 10.1 Å². The van der Waals surface area contributed by atoms with E-state index in [9.17, 15) is 4.79 Å². The number of aliphatic hydroxyl groups excluding tert-OH is 1. The van der Waals surface area contributed by atoms with Crippen LogP contribution in [-0.4, -0.2) is 53.4 Å². The van der Waals surface area contributed by atoms with Crippen LogP contribution in [0.3, 0.4) is 0 Å². The van der Waals surface area contributed by atoms with E-state index in [1.165, 1.54) is 0 Å². The molecule has 2 rings (SSSR count). The number of aliphatic hydroxyl groups is 1. The van der Waals surface area contributed by atoms with Gasteiger partial charge in [-0.05, 0) is 6.42 Å². The second-order valence-corrected chi connectivity index (χ2v) is 4.64. The number of imidazole rings is 1. The number of methoxy groups -OCH3 is 1. The van der Waals surface area contributed by atoms with Crippen molar-refractivity contribution in [3.8, 4) is 0 Å². The molecule has 1 aromatic rings. The van der Waals surface area contributed by atoms with Gasteiger partial charge < -0.3 is 20.1 Å². The third-order valence-electron chi connectivity index (χ3n) is 3.24. The lowest BCUT2D eigenvalue weighted by atomic mass is 10.0. The molecule has 19 heavy (non-hydrogen) atoms. The van der Waals surface area contributed by atoms with E-state index in [0.717, 1.165) is 11.4 Å². The Morgan fingerprint density at radius 3 is 3.32 bits per heavy atom. The number of H-pyrrole nitrogens is 1. The van der Waals surface area contributed by atoms with Gasteiger partial charge in [-0.15, -0.1) is 0 Å². The fraction of sp³-hybridized carbons (Fsp3) is 0.667. The summed E-state index contributed by atoms with van der Waals surface area (Å²) in [4.78, 5) is 19.4. The average molecular weight is 268 g/mol. The first kappa shape index (κ1) is 14.0. The summed E-state index contributed by atoms with van der Waals surface area (Å²) in [7, 11) is 1.57. The van der Waals surface area contributed by atoms with Crippen LogP contribution in [0.2, 0.25) is 0 Å². The first-order valence-electron chi connectivity index (χ1n) is 6.39. The molecule has 0 saturated heterocycles. The number of aromatic amines is 1. The van der Waals surface area contributed by atoms with Crippen molar-refractivity contribution < 1.29 is 14.6 Å². The topological polar surface area (TPSA) is 99.3 Å². The highest BCUT2D eigenvalue weighted by molar-refractivity contribution is 5.82. The van der Waals surface area contributed by atoms with E-state index in [0.29, 0.717) is 26.0 Å². The van der Waals surface area contributed by atoms with Crippen molar-refractivity contribution in [1.29, 1.82) is 0 Å². The van der Waals surface area contributed by atoms with Crippen LogP contribution in [-0.2, 0) is 22.5 Å². The number of carbonyl (C=O) groups excluding carboxylic acids is 1. The Balaban J connectivity index is 1.90. The number of nitrogens with zero attached hydrogens (tertiary/aromatic N) is 1. The summed E-state index contributed by atoms with van der Waals surface area (Å²) in [5.74, 6) is -0.0795. The van der Waals surface area contributed by atoms with Crippen LogP contribution in [0.5, 0.6) is 0 Å². The lowest BCUT2D eigenvalue weighted by molar-refractivity contribution is -0.124. The van der Waals surface area contributed by atoms with Gasteiger partial charge in [0.15, 0.2) is 0 Å². The largest absolute Gasteiger partial charge is 0.396 e. The molecule has 2 atom stereocenters. The maximum Gasteiger partial charge on any atom is 0.237 e. The Labute approximate surface area is 111 Å². The smallest absolute Gasteiger partial charge is 0.237 e. The molecule has 1 aliphatic rings. The highest BCUT2D eigenvalue weighted by atomic mass is 16.5. The number of carbonyl (C=O) groups is 1. The van der Waals surface area contributed by atoms with Crippen molar-refractivity contribution in [2.45, 2.75) is 31.5 Å². The van der Waals surface area contributed by atoms with Gasteiger partial charge in [-0.1, -0.05) is 0 Å². The fourth-order valence-electron chi connectivity index (χ4n) is 2.21. The Morgan fingerprint density at radius 1 is 1.74 bits per heavy atom. The number of rotatable bonds is 6. The molecule has 0 spiro atoms. The summed E-state index contributed by atoms with van der Waals surface area (Å²) in [5.41, 5.74) is 1.97. The van der Waals surface area contributed by atoms with Crippen LogP contribution in [0.15, 0.2) is 6.33 Å². The summed E-state index contributed by atoms with van der Waals surface area (Å²) in [6.07, 6.45) is 2.70. The zero-order chi connectivity index (χ0) is 13.7. The second kappa shape index (κ2) is 6.65. The minimum absolute atomic E-state index is 0.0237. The van der Waals surface area contributed by atoms with Crippen molar-refractivity contribution in [2.24, 2.45) is 0 Å². The van der Waals surface area contributed by atoms with Gasteiger partial charge in [0.2, 0.25) is 5.91 Å². The van der Waals surface area contributed by atoms with Crippen LogP contribution in [0.25, 0.3) is 0 Å². The van der Waals surface area contributed by atoms with E-state index in [-0.39, 0.29) is 24.6 Å². The standard InChI is InChI=1S/C12H20N4O3/c1-19-6-8(2-3-17)16-12(18)10-4-9-11(5-13-10)15-7-14-9/h7-8,10,13,17H,2-6H2,1H3,(H,14,15)(H,16,18). The number of fused-ring (bicyclic) bond motifs is 1. The van der Waals surface area contributed by atoms with E-state index in [4.69, 9.17) is 9.84 Å². The number of amides is 1. The molecule has 2 heterocycles. The molecule has 0 aromatic carbocycles. The molecular formula is C12H20N4O3. The van der Waals surface area contributed by atoms with Crippen LogP contribution in [0.1, 0.15) is 17.8 Å². The van der Waals surface area contributed by atoms with Gasteiger partial charge in [0.25, 0.3) is 0 Å². The molecule has 0 radical (unpaired) electrons. The highest BCUT2D eigenvalue weighted by Crippen LogP contribution is 2.12. The minimum atomic E-state index is -0.283. The lowest BCUT2D eigenvalue weighted by Crippen LogP contribution is -2.51.